The summed E-state index contributed by atoms with van der Waals surface area (Å²) in [6.45, 7) is -2.92. The molecule has 2 amide bonds. The molecule has 0 aliphatic carbocycles. The maximum atomic E-state index is 13.9. The molecule has 3 aliphatic heterocycles. The van der Waals surface area contributed by atoms with Gasteiger partial charge in [-0.05, 0) is 0 Å². The molecule has 11 atom stereocenters. The lowest BCUT2D eigenvalue weighted by atomic mass is 9.95. The van der Waals surface area contributed by atoms with Crippen LogP contribution in [0.3, 0.4) is 0 Å². The Kier molecular flexibility index (Phi) is 10.7. The fourth-order valence-corrected chi connectivity index (χ4v) is 4.80. The van der Waals surface area contributed by atoms with Crippen LogP contribution in [0.5, 0.6) is 0 Å². The van der Waals surface area contributed by atoms with E-state index in [1.165, 1.54) is 0 Å². The number of carbonyl (C=O) groups excluding carboxylic acids is 3. The van der Waals surface area contributed by atoms with Crippen LogP contribution >= 0.6 is 0 Å². The molecule has 0 radical (unpaired) electrons. The number of aldehydes is 1. The van der Waals surface area contributed by atoms with E-state index in [-0.39, 0.29) is 31.3 Å². The van der Waals surface area contributed by atoms with Gasteiger partial charge < -0.3 is 82.9 Å². The van der Waals surface area contributed by atoms with Crippen LogP contribution in [0.4, 0.5) is 0 Å². The van der Waals surface area contributed by atoms with Crippen LogP contribution in [0.25, 0.3) is 0 Å². The van der Waals surface area contributed by atoms with Crippen LogP contribution in [0, 0.1) is 0 Å². The summed E-state index contributed by atoms with van der Waals surface area (Å²) in [6.07, 6.45) is -11.1. The van der Waals surface area contributed by atoms with E-state index >= 15 is 0 Å². The smallest absolute Gasteiger partial charge is 0.250 e. The Balaban J connectivity index is 1.99. The topological polar surface area (TPSA) is 335 Å². The molecule has 3 aliphatic rings. The van der Waals surface area contributed by atoms with Crippen molar-refractivity contribution >= 4 is 30.0 Å². The van der Waals surface area contributed by atoms with Crippen molar-refractivity contribution in [3.63, 3.8) is 0 Å². The fraction of sp³-hybridized carbons (Fsp3) is 0.762. The molecule has 0 aromatic rings. The molecule has 41 heavy (non-hydrogen) atoms. The largest absolute Gasteiger partial charge is 0.394 e. The summed E-state index contributed by atoms with van der Waals surface area (Å²) >= 11 is 0. The number of guanidine groups is 2. The second-order valence-electron chi connectivity index (χ2n) is 9.68. The van der Waals surface area contributed by atoms with Crippen molar-refractivity contribution in [3.05, 3.63) is 0 Å². The Labute approximate surface area is 233 Å². The highest BCUT2D eigenvalue weighted by Gasteiger charge is 2.52. The number of nitrogens with two attached hydrogens (primary N) is 3. The van der Waals surface area contributed by atoms with Gasteiger partial charge in [0.05, 0.1) is 39.0 Å². The number of hydrogen-bond donors (Lipinski definition) is 12. The molecule has 0 saturated carbocycles. The summed E-state index contributed by atoms with van der Waals surface area (Å²) in [4.78, 5) is 48.2. The first-order valence-corrected chi connectivity index (χ1v) is 12.6. The molecule has 0 aromatic carbocycles. The normalized spacial score (nSPS) is 32.7. The Bertz CT molecular complexity index is 1020. The molecule has 15 N–H and O–H groups in total. The molecule has 3 rings (SSSR count). The lowest BCUT2D eigenvalue weighted by molar-refractivity contribution is -0.260. The van der Waals surface area contributed by atoms with Crippen LogP contribution in [0.15, 0.2) is 9.98 Å². The second kappa shape index (κ2) is 13.6. The van der Waals surface area contributed by atoms with Crippen LogP contribution in [0.2, 0.25) is 0 Å². The minimum absolute atomic E-state index is 0.0791. The van der Waals surface area contributed by atoms with E-state index in [0.29, 0.717) is 0 Å². The number of ether oxygens (including phenoxy) is 1. The van der Waals surface area contributed by atoms with Crippen molar-refractivity contribution in [1.29, 1.82) is 0 Å². The average molecular weight is 592 g/mol. The number of hydrogen-bond acceptors (Lipinski definition) is 18. The molecule has 0 aromatic heterocycles. The first-order valence-electron chi connectivity index (χ1n) is 12.6. The lowest BCUT2D eigenvalue weighted by Crippen LogP contribution is -2.70. The standard InChI is InChI=1S/C21H37N9O11/c22-8(5-33)17(39)28-12(18(40)29(7(3-31)4-32)11-2-25-20(23)27-11)13(35)9-1-26-21(24)30(9)19-16(38)15(37)14(36)10(6-34)41-19/h3,7-16,19,32-38H,1-2,4-6,22H2,(H2,24,26)(H,28,39)(H3,23,25,27)/t7-,8+,9?,10-,11?,12-,13?,14-,15+,16+,19+/m1/s1. The van der Waals surface area contributed by atoms with Crippen LogP contribution in [-0.4, -0.2) is 176 Å². The van der Waals surface area contributed by atoms with E-state index in [0.717, 1.165) is 9.80 Å². The average Bonchev–Trinajstić information content (AvgIpc) is 3.57. The molecule has 3 heterocycles. The first kappa shape index (κ1) is 32.3. The van der Waals surface area contributed by atoms with Crippen molar-refractivity contribution in [2.24, 2.45) is 27.2 Å². The van der Waals surface area contributed by atoms with E-state index < -0.39 is 98.7 Å². The molecule has 0 spiro atoms. The SMILES string of the molecule is NC1=NCC(N(C(=O)[C@H](NC(=O)[C@@H](N)CO)C(O)C2CN=C(N)N2[C@H]2O[C@H](CO)[C@@H](O)[C@H](O)[C@@H]2O)[C@H](C=O)CO)N1. The molecular weight excluding hydrogens is 554 g/mol. The predicted octanol–water partition coefficient (Wildman–Crippen LogP) is -9.42. The van der Waals surface area contributed by atoms with Gasteiger partial charge in [-0.2, -0.15) is 0 Å². The highest BCUT2D eigenvalue weighted by Crippen LogP contribution is 2.29. The van der Waals surface area contributed by atoms with Crippen LogP contribution in [-0.2, 0) is 19.1 Å². The Morgan fingerprint density at radius 2 is 1.80 bits per heavy atom. The highest BCUT2D eigenvalue weighted by atomic mass is 16.6. The summed E-state index contributed by atoms with van der Waals surface area (Å²) in [5, 5.41) is 76.2. The minimum atomic E-state index is -1.96. The molecule has 20 nitrogen and oxygen atoms in total. The molecular formula is C21H37N9O11. The fourth-order valence-electron chi connectivity index (χ4n) is 4.80. The molecule has 1 saturated heterocycles. The molecule has 232 valence electrons. The maximum Gasteiger partial charge on any atom is 0.250 e. The summed E-state index contributed by atoms with van der Waals surface area (Å²) < 4.78 is 5.55. The second-order valence-corrected chi connectivity index (χ2v) is 9.68. The van der Waals surface area contributed by atoms with E-state index in [4.69, 9.17) is 21.9 Å². The van der Waals surface area contributed by atoms with Gasteiger partial charge in [0.25, 0.3) is 0 Å². The number of aliphatic imine (C=N–C) groups is 2. The van der Waals surface area contributed by atoms with Gasteiger partial charge in [-0.1, -0.05) is 0 Å². The van der Waals surface area contributed by atoms with Crippen molar-refractivity contribution in [3.8, 4) is 0 Å². The maximum absolute atomic E-state index is 13.9. The van der Waals surface area contributed by atoms with Crippen LogP contribution in [0.1, 0.15) is 0 Å². The van der Waals surface area contributed by atoms with Gasteiger partial charge in [-0.25, -0.2) is 4.99 Å². The lowest BCUT2D eigenvalue weighted by Gasteiger charge is -2.47. The van der Waals surface area contributed by atoms with Gasteiger partial charge >= 0.3 is 0 Å². The Morgan fingerprint density at radius 3 is 2.34 bits per heavy atom. The zero-order valence-corrected chi connectivity index (χ0v) is 21.7. The first-order chi connectivity index (χ1) is 19.4. The quantitative estimate of drug-likeness (QED) is 0.0937. The van der Waals surface area contributed by atoms with E-state index in [1.807, 2.05) is 0 Å². The summed E-state index contributed by atoms with van der Waals surface area (Å²) in [5.74, 6) is -2.58. The number of amides is 2. The zero-order chi connectivity index (χ0) is 30.6. The van der Waals surface area contributed by atoms with Crippen molar-refractivity contribution in [1.82, 2.24) is 20.4 Å². The van der Waals surface area contributed by atoms with E-state index in [2.05, 4.69) is 20.6 Å². The van der Waals surface area contributed by atoms with Gasteiger partial charge in [0.15, 0.2) is 18.1 Å². The van der Waals surface area contributed by atoms with Crippen molar-refractivity contribution in [2.75, 3.05) is 32.9 Å². The van der Waals surface area contributed by atoms with Gasteiger partial charge in [0, 0.05) is 0 Å². The number of nitrogens with one attached hydrogen (secondary N) is 2. The third-order valence-electron chi connectivity index (χ3n) is 7.08. The monoisotopic (exact) mass is 591 g/mol. The number of rotatable bonds is 12. The van der Waals surface area contributed by atoms with Crippen LogP contribution < -0.4 is 27.8 Å². The Hall–Kier alpha value is -3.21. The third-order valence-corrected chi connectivity index (χ3v) is 7.08. The predicted molar refractivity (Wildman–Crippen MR) is 136 cm³/mol. The molecule has 20 heteroatoms. The molecule has 1 fully saturated rings. The number of carbonyl (C=O) groups is 3. The minimum Gasteiger partial charge on any atom is -0.394 e. The molecule has 0 bridgehead atoms. The van der Waals surface area contributed by atoms with Gasteiger partial charge in [-0.15, -0.1) is 0 Å². The number of nitrogens with zero attached hydrogens (tertiary/aromatic N) is 4. The zero-order valence-electron chi connectivity index (χ0n) is 21.7. The molecule has 3 unspecified atom stereocenters. The summed E-state index contributed by atoms with van der Waals surface area (Å²) in [5.41, 5.74) is 17.2. The van der Waals surface area contributed by atoms with Crippen molar-refractivity contribution < 1.29 is 54.9 Å². The number of aliphatic hydroxyl groups excluding tert-OH is 7. The Morgan fingerprint density at radius 1 is 1.12 bits per heavy atom. The third kappa shape index (κ3) is 6.50. The van der Waals surface area contributed by atoms with Gasteiger partial charge in [0.1, 0.15) is 61.1 Å². The van der Waals surface area contributed by atoms with E-state index in [9.17, 15) is 50.1 Å². The highest BCUT2D eigenvalue weighted by molar-refractivity contribution is 5.92. The summed E-state index contributed by atoms with van der Waals surface area (Å²) in [7, 11) is 0. The van der Waals surface area contributed by atoms with Gasteiger partial charge in [-0.3, -0.25) is 14.6 Å². The summed E-state index contributed by atoms with van der Waals surface area (Å²) in [6, 6.07) is -6.29. The van der Waals surface area contributed by atoms with Crippen molar-refractivity contribution in [2.45, 2.75) is 67.1 Å². The van der Waals surface area contributed by atoms with E-state index in [1.54, 1.807) is 0 Å². The van der Waals surface area contributed by atoms with Gasteiger partial charge in [0.2, 0.25) is 11.8 Å². The number of aliphatic hydroxyl groups is 7.